The lowest BCUT2D eigenvalue weighted by molar-refractivity contribution is -0.141. The van der Waals surface area contributed by atoms with Crippen molar-refractivity contribution in [1.82, 2.24) is 5.32 Å². The van der Waals surface area contributed by atoms with E-state index in [2.05, 4.69) is 5.32 Å². The minimum atomic E-state index is -4.46. The Labute approximate surface area is 102 Å². The van der Waals surface area contributed by atoms with E-state index in [-0.39, 0.29) is 5.56 Å². The van der Waals surface area contributed by atoms with Gasteiger partial charge in [-0.05, 0) is 13.0 Å². The van der Waals surface area contributed by atoms with Crippen LogP contribution < -0.4 is 5.32 Å². The summed E-state index contributed by atoms with van der Waals surface area (Å²) >= 11 is 0. The first kappa shape index (κ1) is 12.7. The standard InChI is InChI=1S/C12H12F3NO2/c1-11(6-7-16-10(17)18-11)8-4-2-3-5-9(8)12(13,14)15/h2-5H,6-7H2,1H3,(H,16,17). The summed E-state index contributed by atoms with van der Waals surface area (Å²) in [5, 5.41) is 2.42. The van der Waals surface area contributed by atoms with E-state index in [1.54, 1.807) is 0 Å². The summed E-state index contributed by atoms with van der Waals surface area (Å²) in [4.78, 5) is 11.2. The number of rotatable bonds is 1. The molecular formula is C12H12F3NO2. The number of halogens is 3. The van der Waals surface area contributed by atoms with Crippen LogP contribution >= 0.6 is 0 Å². The number of hydrogen-bond acceptors (Lipinski definition) is 2. The molecule has 98 valence electrons. The van der Waals surface area contributed by atoms with Crippen molar-refractivity contribution in [1.29, 1.82) is 0 Å². The quantitative estimate of drug-likeness (QED) is 0.841. The van der Waals surface area contributed by atoms with E-state index in [9.17, 15) is 18.0 Å². The minimum Gasteiger partial charge on any atom is -0.438 e. The molecule has 18 heavy (non-hydrogen) atoms. The third kappa shape index (κ3) is 2.27. The molecule has 1 N–H and O–H groups in total. The van der Waals surface area contributed by atoms with Crippen molar-refractivity contribution in [2.75, 3.05) is 6.54 Å². The second-order valence-corrected chi connectivity index (χ2v) is 4.34. The van der Waals surface area contributed by atoms with Crippen molar-refractivity contribution in [2.24, 2.45) is 0 Å². The van der Waals surface area contributed by atoms with Gasteiger partial charge >= 0.3 is 12.3 Å². The number of alkyl halides is 3. The van der Waals surface area contributed by atoms with Crippen molar-refractivity contribution < 1.29 is 22.7 Å². The molecule has 0 spiro atoms. The third-order valence-corrected chi connectivity index (χ3v) is 2.99. The number of nitrogens with one attached hydrogen (secondary N) is 1. The molecule has 3 nitrogen and oxygen atoms in total. The monoisotopic (exact) mass is 259 g/mol. The number of alkyl carbamates (subject to hydrolysis) is 1. The Balaban J connectivity index is 2.47. The number of carbonyl (C=O) groups excluding carboxylic acids is 1. The van der Waals surface area contributed by atoms with Crippen molar-refractivity contribution in [3.63, 3.8) is 0 Å². The predicted molar refractivity (Wildman–Crippen MR) is 57.9 cm³/mol. The van der Waals surface area contributed by atoms with Crippen LogP contribution in [0.25, 0.3) is 0 Å². The van der Waals surface area contributed by atoms with Crippen LogP contribution in [0.5, 0.6) is 0 Å². The maximum absolute atomic E-state index is 12.9. The van der Waals surface area contributed by atoms with Crippen LogP contribution in [-0.2, 0) is 16.5 Å². The van der Waals surface area contributed by atoms with Gasteiger partial charge in [0.05, 0.1) is 5.56 Å². The van der Waals surface area contributed by atoms with E-state index >= 15 is 0 Å². The van der Waals surface area contributed by atoms with Crippen LogP contribution in [0.2, 0.25) is 0 Å². The lowest BCUT2D eigenvalue weighted by Gasteiger charge is -2.35. The van der Waals surface area contributed by atoms with Crippen molar-refractivity contribution in [3.05, 3.63) is 35.4 Å². The molecule has 1 aliphatic rings. The van der Waals surface area contributed by atoms with Crippen LogP contribution in [-0.4, -0.2) is 12.6 Å². The number of carbonyl (C=O) groups is 1. The summed E-state index contributed by atoms with van der Waals surface area (Å²) in [5.74, 6) is 0. The van der Waals surface area contributed by atoms with Gasteiger partial charge < -0.3 is 10.1 Å². The van der Waals surface area contributed by atoms with Gasteiger partial charge in [0.2, 0.25) is 0 Å². The zero-order valence-corrected chi connectivity index (χ0v) is 9.67. The lowest BCUT2D eigenvalue weighted by atomic mass is 9.87. The van der Waals surface area contributed by atoms with Gasteiger partial charge in [-0.1, -0.05) is 18.2 Å². The number of ether oxygens (including phenoxy) is 1. The molecule has 1 fully saturated rings. The Morgan fingerprint density at radius 2 is 2.00 bits per heavy atom. The fraction of sp³-hybridized carbons (Fsp3) is 0.417. The highest BCUT2D eigenvalue weighted by Crippen LogP contribution is 2.40. The number of benzene rings is 1. The highest BCUT2D eigenvalue weighted by molar-refractivity contribution is 5.69. The lowest BCUT2D eigenvalue weighted by Crippen LogP contribution is -2.44. The normalized spacial score (nSPS) is 24.3. The van der Waals surface area contributed by atoms with Gasteiger partial charge in [0.1, 0.15) is 5.60 Å². The van der Waals surface area contributed by atoms with Gasteiger partial charge in [0, 0.05) is 18.5 Å². The van der Waals surface area contributed by atoms with Gasteiger partial charge in [0.15, 0.2) is 0 Å². The number of amides is 1. The predicted octanol–water partition coefficient (Wildman–Crippen LogP) is 3.05. The van der Waals surface area contributed by atoms with Gasteiger partial charge in [-0.2, -0.15) is 13.2 Å². The maximum atomic E-state index is 12.9. The first-order valence-corrected chi connectivity index (χ1v) is 5.46. The zero-order chi connectivity index (χ0) is 13.4. The molecule has 1 aromatic carbocycles. The molecule has 1 aliphatic heterocycles. The van der Waals surface area contributed by atoms with E-state index in [1.807, 2.05) is 0 Å². The molecule has 0 aromatic heterocycles. The minimum absolute atomic E-state index is 0.00708. The summed E-state index contributed by atoms with van der Waals surface area (Å²) in [6.07, 6.45) is -4.86. The SMILES string of the molecule is CC1(c2ccccc2C(F)(F)F)CCNC(=O)O1. The van der Waals surface area contributed by atoms with Crippen molar-refractivity contribution >= 4 is 6.09 Å². The summed E-state index contributed by atoms with van der Waals surface area (Å²) < 4.78 is 43.8. The Kier molecular flexibility index (Phi) is 2.96. The molecule has 1 saturated heterocycles. The molecular weight excluding hydrogens is 247 g/mol. The van der Waals surface area contributed by atoms with Gasteiger partial charge in [-0.3, -0.25) is 0 Å². The maximum Gasteiger partial charge on any atom is 0.416 e. The van der Waals surface area contributed by atoms with Crippen LogP contribution in [0.15, 0.2) is 24.3 Å². The fourth-order valence-electron chi connectivity index (χ4n) is 2.08. The third-order valence-electron chi connectivity index (χ3n) is 2.99. The van der Waals surface area contributed by atoms with Crippen molar-refractivity contribution in [3.8, 4) is 0 Å². The van der Waals surface area contributed by atoms with E-state index in [0.29, 0.717) is 13.0 Å². The summed E-state index contributed by atoms with van der Waals surface area (Å²) in [5.41, 5.74) is -2.01. The van der Waals surface area contributed by atoms with E-state index < -0.39 is 23.4 Å². The smallest absolute Gasteiger partial charge is 0.416 e. The summed E-state index contributed by atoms with van der Waals surface area (Å²) in [7, 11) is 0. The molecule has 0 radical (unpaired) electrons. The molecule has 1 unspecified atom stereocenters. The first-order chi connectivity index (χ1) is 8.33. The van der Waals surface area contributed by atoms with E-state index in [4.69, 9.17) is 4.74 Å². The Bertz CT molecular complexity index is 473. The topological polar surface area (TPSA) is 38.3 Å². The Morgan fingerprint density at radius 1 is 1.33 bits per heavy atom. The molecule has 1 aromatic rings. The average molecular weight is 259 g/mol. The molecule has 0 aliphatic carbocycles. The summed E-state index contributed by atoms with van der Waals surface area (Å²) in [6.45, 7) is 1.79. The van der Waals surface area contributed by atoms with Gasteiger partial charge in [-0.15, -0.1) is 0 Å². The van der Waals surface area contributed by atoms with E-state index in [1.165, 1.54) is 25.1 Å². The molecule has 0 bridgehead atoms. The molecule has 2 rings (SSSR count). The first-order valence-electron chi connectivity index (χ1n) is 5.46. The zero-order valence-electron chi connectivity index (χ0n) is 9.67. The summed E-state index contributed by atoms with van der Waals surface area (Å²) in [6, 6.07) is 5.17. The molecule has 6 heteroatoms. The van der Waals surface area contributed by atoms with Gasteiger partial charge in [0.25, 0.3) is 0 Å². The molecule has 1 heterocycles. The largest absolute Gasteiger partial charge is 0.438 e. The number of cyclic esters (lactones) is 1. The average Bonchev–Trinajstić information content (AvgIpc) is 2.27. The highest BCUT2D eigenvalue weighted by atomic mass is 19.4. The second kappa shape index (κ2) is 4.19. The van der Waals surface area contributed by atoms with Crippen LogP contribution in [0.3, 0.4) is 0 Å². The van der Waals surface area contributed by atoms with Crippen LogP contribution in [0.4, 0.5) is 18.0 Å². The van der Waals surface area contributed by atoms with Crippen LogP contribution in [0.1, 0.15) is 24.5 Å². The van der Waals surface area contributed by atoms with E-state index in [0.717, 1.165) is 6.07 Å². The number of hydrogen-bond donors (Lipinski definition) is 1. The molecule has 1 amide bonds. The van der Waals surface area contributed by atoms with Gasteiger partial charge in [-0.25, -0.2) is 4.79 Å². The second-order valence-electron chi connectivity index (χ2n) is 4.34. The Morgan fingerprint density at radius 3 is 2.61 bits per heavy atom. The van der Waals surface area contributed by atoms with Crippen LogP contribution in [0, 0.1) is 0 Å². The Hall–Kier alpha value is -1.72. The highest BCUT2D eigenvalue weighted by Gasteiger charge is 2.42. The fourth-order valence-corrected chi connectivity index (χ4v) is 2.08. The van der Waals surface area contributed by atoms with Crippen molar-refractivity contribution in [2.45, 2.75) is 25.1 Å². The molecule has 1 atom stereocenters. The molecule has 0 saturated carbocycles.